The van der Waals surface area contributed by atoms with Crippen LogP contribution in [-0.4, -0.2) is 41.2 Å². The van der Waals surface area contributed by atoms with Crippen molar-refractivity contribution in [2.75, 3.05) is 13.2 Å². The highest BCUT2D eigenvalue weighted by Crippen LogP contribution is 2.25. The van der Waals surface area contributed by atoms with Crippen LogP contribution < -0.4 is 15.5 Å². The van der Waals surface area contributed by atoms with Crippen LogP contribution in [0, 0.1) is 17.0 Å². The minimum Gasteiger partial charge on any atom is -0.502 e. The van der Waals surface area contributed by atoms with Gasteiger partial charge in [0, 0.05) is 11.6 Å². The van der Waals surface area contributed by atoms with Crippen LogP contribution >= 0.6 is 0 Å². The van der Waals surface area contributed by atoms with Crippen molar-refractivity contribution in [3.63, 3.8) is 0 Å². The average Bonchev–Trinajstić information content (AvgIpc) is 2.66. The summed E-state index contributed by atoms with van der Waals surface area (Å²) >= 11 is 0. The van der Waals surface area contributed by atoms with Crippen molar-refractivity contribution in [3.8, 4) is 11.5 Å². The number of rotatable bonds is 8. The molecule has 2 rings (SSSR count). The number of amides is 2. The number of carbonyl (C=O) groups excluding carboxylic acids is 2. The summed E-state index contributed by atoms with van der Waals surface area (Å²) in [6.45, 7) is 1.34. The number of aryl methyl sites for hydroxylation is 1. The van der Waals surface area contributed by atoms with Gasteiger partial charge in [-0.25, -0.2) is 5.43 Å². The second kappa shape index (κ2) is 9.67. The predicted molar refractivity (Wildman–Crippen MR) is 100 cm³/mol. The summed E-state index contributed by atoms with van der Waals surface area (Å²) in [4.78, 5) is 33.4. The maximum absolute atomic E-state index is 11.7. The van der Waals surface area contributed by atoms with E-state index in [0.717, 1.165) is 17.7 Å². The zero-order chi connectivity index (χ0) is 20.5. The highest BCUT2D eigenvalue weighted by atomic mass is 16.6. The molecule has 0 fully saturated rings. The maximum Gasteiger partial charge on any atom is 0.311 e. The number of hydrazone groups is 1. The van der Waals surface area contributed by atoms with E-state index in [0.29, 0.717) is 11.3 Å². The van der Waals surface area contributed by atoms with Crippen LogP contribution in [0.15, 0.2) is 47.6 Å². The molecule has 28 heavy (non-hydrogen) atoms. The van der Waals surface area contributed by atoms with Gasteiger partial charge in [-0.2, -0.15) is 5.10 Å². The number of nitrogens with zero attached hydrogens (tertiary/aromatic N) is 2. The van der Waals surface area contributed by atoms with Gasteiger partial charge in [-0.15, -0.1) is 0 Å². The normalized spacial score (nSPS) is 10.5. The van der Waals surface area contributed by atoms with Gasteiger partial charge in [-0.1, -0.05) is 12.1 Å². The molecule has 0 aliphatic carbocycles. The second-order valence-corrected chi connectivity index (χ2v) is 5.68. The Kier molecular flexibility index (Phi) is 7.03. The number of hydrogen-bond acceptors (Lipinski definition) is 7. The first-order valence-electron chi connectivity index (χ1n) is 8.10. The van der Waals surface area contributed by atoms with Crippen LogP contribution in [0.4, 0.5) is 5.69 Å². The van der Waals surface area contributed by atoms with Crippen molar-refractivity contribution in [1.29, 1.82) is 0 Å². The highest BCUT2D eigenvalue weighted by Gasteiger charge is 2.12. The van der Waals surface area contributed by atoms with Gasteiger partial charge in [0.05, 0.1) is 17.7 Å². The number of phenolic OH excluding ortho intramolecular Hbond substituents is 1. The first-order valence-corrected chi connectivity index (χ1v) is 8.10. The Bertz CT molecular complexity index is 913. The van der Waals surface area contributed by atoms with Gasteiger partial charge in [0.1, 0.15) is 5.75 Å². The summed E-state index contributed by atoms with van der Waals surface area (Å²) in [6.07, 6.45) is 1.17. The van der Waals surface area contributed by atoms with Crippen molar-refractivity contribution in [2.24, 2.45) is 5.10 Å². The summed E-state index contributed by atoms with van der Waals surface area (Å²) < 4.78 is 5.31. The summed E-state index contributed by atoms with van der Waals surface area (Å²) in [5, 5.41) is 26.1. The number of carbonyl (C=O) groups is 2. The third-order valence-electron chi connectivity index (χ3n) is 3.40. The summed E-state index contributed by atoms with van der Waals surface area (Å²) in [6, 6.07) is 10.8. The van der Waals surface area contributed by atoms with Crippen molar-refractivity contribution < 1.29 is 24.4 Å². The summed E-state index contributed by atoms with van der Waals surface area (Å²) in [5.74, 6) is -0.989. The molecule has 0 radical (unpaired) electrons. The van der Waals surface area contributed by atoms with Crippen molar-refractivity contribution in [3.05, 3.63) is 63.7 Å². The number of hydrogen-bond donors (Lipinski definition) is 3. The monoisotopic (exact) mass is 386 g/mol. The first-order chi connectivity index (χ1) is 13.3. The van der Waals surface area contributed by atoms with Gasteiger partial charge in [-0.05, 0) is 36.8 Å². The Morgan fingerprint density at radius 3 is 2.75 bits per heavy atom. The Morgan fingerprint density at radius 2 is 2.04 bits per heavy atom. The van der Waals surface area contributed by atoms with E-state index in [1.54, 1.807) is 18.2 Å². The zero-order valence-electron chi connectivity index (χ0n) is 14.9. The SMILES string of the molecule is Cc1cccc(OCC(=O)NCC(=O)N/N=C\c2ccc(O)c([N+](=O)[O-])c2)c1. The Hall–Kier alpha value is -3.95. The molecule has 3 N–H and O–H groups in total. The predicted octanol–water partition coefficient (Wildman–Crippen LogP) is 1.25. The van der Waals surface area contributed by atoms with Crippen molar-refractivity contribution >= 4 is 23.7 Å². The van der Waals surface area contributed by atoms with Crippen molar-refractivity contribution in [1.82, 2.24) is 10.7 Å². The van der Waals surface area contributed by atoms with Gasteiger partial charge in [0.25, 0.3) is 11.8 Å². The van der Waals surface area contributed by atoms with E-state index < -0.39 is 28.2 Å². The van der Waals surface area contributed by atoms with E-state index in [1.165, 1.54) is 12.3 Å². The number of phenols is 1. The molecule has 0 aliphatic rings. The average molecular weight is 386 g/mol. The minimum absolute atomic E-state index is 0.239. The molecule has 0 saturated heterocycles. The van der Waals surface area contributed by atoms with Crippen LogP contribution in [0.25, 0.3) is 0 Å². The second-order valence-electron chi connectivity index (χ2n) is 5.68. The van der Waals surface area contributed by atoms with E-state index in [1.807, 2.05) is 13.0 Å². The number of ether oxygens (including phenoxy) is 1. The third kappa shape index (κ3) is 6.41. The molecular weight excluding hydrogens is 368 g/mol. The maximum atomic E-state index is 11.7. The Balaban J connectivity index is 1.75. The van der Waals surface area contributed by atoms with E-state index in [2.05, 4.69) is 15.8 Å². The zero-order valence-corrected chi connectivity index (χ0v) is 14.9. The van der Waals surface area contributed by atoms with Gasteiger partial charge in [0.15, 0.2) is 12.4 Å². The summed E-state index contributed by atoms with van der Waals surface area (Å²) in [5.41, 5.74) is 3.00. The van der Waals surface area contributed by atoms with Gasteiger partial charge < -0.3 is 15.2 Å². The fraction of sp³-hybridized carbons (Fsp3) is 0.167. The van der Waals surface area contributed by atoms with E-state index in [9.17, 15) is 24.8 Å². The molecular formula is C18H18N4O6. The standard InChI is InChI=1S/C18H18N4O6/c1-12-3-2-4-14(7-12)28-11-18(25)19-10-17(24)21-20-9-13-5-6-16(23)15(8-13)22(26)27/h2-9,23H,10-11H2,1H3,(H,19,25)(H,21,24)/b20-9-. The number of benzene rings is 2. The molecule has 0 aromatic heterocycles. The molecule has 2 aromatic rings. The van der Waals surface area contributed by atoms with Gasteiger partial charge in [-0.3, -0.25) is 19.7 Å². The molecule has 2 amide bonds. The lowest BCUT2D eigenvalue weighted by molar-refractivity contribution is -0.385. The van der Waals surface area contributed by atoms with Crippen LogP contribution in [0.2, 0.25) is 0 Å². The van der Waals surface area contributed by atoms with Crippen LogP contribution in [-0.2, 0) is 9.59 Å². The molecule has 0 bridgehead atoms. The van der Waals surface area contributed by atoms with Crippen LogP contribution in [0.5, 0.6) is 11.5 Å². The third-order valence-corrected chi connectivity index (χ3v) is 3.40. The molecule has 0 aliphatic heterocycles. The van der Waals surface area contributed by atoms with Crippen molar-refractivity contribution in [2.45, 2.75) is 6.92 Å². The Morgan fingerprint density at radius 1 is 1.25 bits per heavy atom. The van der Waals surface area contributed by atoms with Crippen LogP contribution in [0.3, 0.4) is 0 Å². The van der Waals surface area contributed by atoms with Crippen LogP contribution in [0.1, 0.15) is 11.1 Å². The number of nitrogens with one attached hydrogen (secondary N) is 2. The number of nitro benzene ring substituents is 1. The van der Waals surface area contributed by atoms with E-state index in [-0.39, 0.29) is 13.2 Å². The molecule has 2 aromatic carbocycles. The highest BCUT2D eigenvalue weighted by molar-refractivity contribution is 5.87. The fourth-order valence-corrected chi connectivity index (χ4v) is 2.07. The van der Waals surface area contributed by atoms with Gasteiger partial charge >= 0.3 is 5.69 Å². The first kappa shape index (κ1) is 20.4. The largest absolute Gasteiger partial charge is 0.502 e. The molecule has 0 atom stereocenters. The lowest BCUT2D eigenvalue weighted by atomic mass is 10.2. The topological polar surface area (TPSA) is 143 Å². The van der Waals surface area contributed by atoms with E-state index >= 15 is 0 Å². The Labute approximate surface area is 160 Å². The summed E-state index contributed by atoms with van der Waals surface area (Å²) in [7, 11) is 0. The molecule has 10 heteroatoms. The number of aromatic hydroxyl groups is 1. The number of nitro groups is 1. The quantitative estimate of drug-likeness (QED) is 0.354. The molecule has 10 nitrogen and oxygen atoms in total. The van der Waals surface area contributed by atoms with E-state index in [4.69, 9.17) is 4.74 Å². The molecule has 0 spiro atoms. The molecule has 146 valence electrons. The lowest BCUT2D eigenvalue weighted by Crippen LogP contribution is -2.37. The smallest absolute Gasteiger partial charge is 0.311 e. The minimum atomic E-state index is -0.736. The molecule has 0 unspecified atom stereocenters. The molecule has 0 saturated carbocycles. The lowest BCUT2D eigenvalue weighted by Gasteiger charge is -2.07. The molecule has 0 heterocycles. The van der Waals surface area contributed by atoms with Gasteiger partial charge in [0.2, 0.25) is 0 Å². The fourth-order valence-electron chi connectivity index (χ4n) is 2.07.